The van der Waals surface area contributed by atoms with Gasteiger partial charge >= 0.3 is 0 Å². The summed E-state index contributed by atoms with van der Waals surface area (Å²) in [6.45, 7) is 3.94. The fourth-order valence-electron chi connectivity index (χ4n) is 4.63. The molecule has 1 aliphatic heterocycles. The Bertz CT molecular complexity index is 1270. The monoisotopic (exact) mass is 507 g/mol. The SMILES string of the molecule is Cl.Oc1ccc2c(Oc3ccc(OCCN4CCCCCC4)cc3)c(-c3ccc(F)cc3)ccc2c1. The number of ether oxygens (including phenoxy) is 2. The number of aromatic hydroxyl groups is 1. The number of likely N-dealkylation sites (tertiary alicyclic amines) is 1. The summed E-state index contributed by atoms with van der Waals surface area (Å²) in [5.74, 6) is 2.06. The highest BCUT2D eigenvalue weighted by Crippen LogP contribution is 2.40. The van der Waals surface area contributed by atoms with Crippen LogP contribution >= 0.6 is 12.4 Å². The Balaban J connectivity index is 0.00000304. The van der Waals surface area contributed by atoms with E-state index in [4.69, 9.17) is 9.47 Å². The molecule has 0 radical (unpaired) electrons. The lowest BCUT2D eigenvalue weighted by Crippen LogP contribution is -2.29. The predicted molar refractivity (Wildman–Crippen MR) is 145 cm³/mol. The van der Waals surface area contributed by atoms with Gasteiger partial charge in [0.15, 0.2) is 0 Å². The number of phenols is 1. The van der Waals surface area contributed by atoms with E-state index >= 15 is 0 Å². The van der Waals surface area contributed by atoms with Crippen LogP contribution in [0.5, 0.6) is 23.0 Å². The van der Waals surface area contributed by atoms with E-state index in [1.165, 1.54) is 37.8 Å². The lowest BCUT2D eigenvalue weighted by Gasteiger charge is -2.19. The Labute approximate surface area is 217 Å². The maximum absolute atomic E-state index is 13.5. The molecule has 0 atom stereocenters. The van der Waals surface area contributed by atoms with Crippen molar-refractivity contribution in [3.8, 4) is 34.1 Å². The summed E-state index contributed by atoms with van der Waals surface area (Å²) in [6.07, 6.45) is 5.22. The van der Waals surface area contributed by atoms with E-state index in [-0.39, 0.29) is 24.0 Å². The molecule has 1 fully saturated rings. The zero-order chi connectivity index (χ0) is 24.0. The van der Waals surface area contributed by atoms with Crippen LogP contribution < -0.4 is 9.47 Å². The van der Waals surface area contributed by atoms with E-state index in [0.29, 0.717) is 18.1 Å². The van der Waals surface area contributed by atoms with Crippen molar-refractivity contribution in [3.63, 3.8) is 0 Å². The zero-order valence-corrected chi connectivity index (χ0v) is 21.0. The van der Waals surface area contributed by atoms with Crippen LogP contribution in [0.4, 0.5) is 4.39 Å². The molecule has 6 heteroatoms. The minimum atomic E-state index is -0.284. The molecule has 36 heavy (non-hydrogen) atoms. The molecule has 0 aromatic heterocycles. The van der Waals surface area contributed by atoms with Gasteiger partial charge in [0, 0.05) is 17.5 Å². The van der Waals surface area contributed by atoms with Gasteiger partial charge in [-0.3, -0.25) is 4.90 Å². The van der Waals surface area contributed by atoms with Gasteiger partial charge in [-0.2, -0.15) is 0 Å². The van der Waals surface area contributed by atoms with Gasteiger partial charge in [0.2, 0.25) is 0 Å². The Morgan fingerprint density at radius 3 is 2.19 bits per heavy atom. The third-order valence-electron chi connectivity index (χ3n) is 6.53. The third-order valence-corrected chi connectivity index (χ3v) is 6.53. The Kier molecular flexibility index (Phi) is 8.68. The molecule has 0 saturated carbocycles. The first kappa shape index (κ1) is 25.8. The number of benzene rings is 4. The molecule has 1 saturated heterocycles. The number of hydrogen-bond donors (Lipinski definition) is 1. The molecule has 1 aliphatic rings. The van der Waals surface area contributed by atoms with Gasteiger partial charge in [-0.25, -0.2) is 4.39 Å². The molecular weight excluding hydrogens is 477 g/mol. The van der Waals surface area contributed by atoms with Crippen LogP contribution in [0.25, 0.3) is 21.9 Å². The lowest BCUT2D eigenvalue weighted by atomic mass is 9.99. The van der Waals surface area contributed by atoms with E-state index < -0.39 is 0 Å². The van der Waals surface area contributed by atoms with Gasteiger partial charge in [-0.05, 0) is 97.5 Å². The van der Waals surface area contributed by atoms with E-state index in [0.717, 1.165) is 47.3 Å². The molecule has 4 aromatic carbocycles. The molecule has 0 amide bonds. The van der Waals surface area contributed by atoms with Crippen molar-refractivity contribution < 1.29 is 19.0 Å². The smallest absolute Gasteiger partial charge is 0.143 e. The summed E-state index contributed by atoms with van der Waals surface area (Å²) in [5, 5.41) is 11.7. The Hall–Kier alpha value is -3.28. The standard InChI is InChI=1S/C30H30FNO3.ClH/c31-24-8-5-22(6-9-24)28-15-7-23-21-25(33)10-16-29(23)30(28)35-27-13-11-26(12-14-27)34-20-19-32-17-3-1-2-4-18-32;/h5-16,21,33H,1-4,17-20H2;1H. The second kappa shape index (κ2) is 12.1. The summed E-state index contributed by atoms with van der Waals surface area (Å²) < 4.78 is 25.9. The normalized spacial score (nSPS) is 14.1. The minimum absolute atomic E-state index is 0. The average molecular weight is 508 g/mol. The Morgan fingerprint density at radius 1 is 0.778 bits per heavy atom. The van der Waals surface area contributed by atoms with Crippen LogP contribution in [0.1, 0.15) is 25.7 Å². The van der Waals surface area contributed by atoms with Crippen LogP contribution in [0, 0.1) is 5.82 Å². The molecule has 5 rings (SSSR count). The van der Waals surface area contributed by atoms with E-state index in [1.807, 2.05) is 42.5 Å². The summed E-state index contributed by atoms with van der Waals surface area (Å²) in [5.41, 5.74) is 1.70. The fourth-order valence-corrected chi connectivity index (χ4v) is 4.63. The van der Waals surface area contributed by atoms with E-state index in [9.17, 15) is 9.50 Å². The first-order chi connectivity index (χ1) is 17.2. The van der Waals surface area contributed by atoms with Gasteiger partial charge in [-0.15, -0.1) is 12.4 Å². The number of hydrogen-bond acceptors (Lipinski definition) is 4. The number of halogens is 2. The molecule has 188 valence electrons. The van der Waals surface area contributed by atoms with Crippen molar-refractivity contribution >= 4 is 23.2 Å². The second-order valence-electron chi connectivity index (χ2n) is 9.03. The third kappa shape index (κ3) is 6.28. The highest BCUT2D eigenvalue weighted by Gasteiger charge is 2.14. The topological polar surface area (TPSA) is 41.9 Å². The van der Waals surface area contributed by atoms with Crippen molar-refractivity contribution in [2.24, 2.45) is 0 Å². The van der Waals surface area contributed by atoms with Crippen molar-refractivity contribution in [2.45, 2.75) is 25.7 Å². The largest absolute Gasteiger partial charge is 0.508 e. The summed E-state index contributed by atoms with van der Waals surface area (Å²) in [6, 6.07) is 23.1. The molecular formula is C30H31ClFNO3. The second-order valence-corrected chi connectivity index (χ2v) is 9.03. The van der Waals surface area contributed by atoms with E-state index in [2.05, 4.69) is 4.90 Å². The number of fused-ring (bicyclic) bond motifs is 1. The van der Waals surface area contributed by atoms with Crippen molar-refractivity contribution in [2.75, 3.05) is 26.2 Å². The Morgan fingerprint density at radius 2 is 1.47 bits per heavy atom. The summed E-state index contributed by atoms with van der Waals surface area (Å²) in [7, 11) is 0. The molecule has 0 bridgehead atoms. The molecule has 4 nitrogen and oxygen atoms in total. The first-order valence-electron chi connectivity index (χ1n) is 12.3. The lowest BCUT2D eigenvalue weighted by molar-refractivity contribution is 0.214. The van der Waals surface area contributed by atoms with Crippen LogP contribution in [0.15, 0.2) is 78.9 Å². The molecule has 4 aromatic rings. The molecule has 0 unspecified atom stereocenters. The number of nitrogens with zero attached hydrogens (tertiary/aromatic N) is 1. The first-order valence-corrected chi connectivity index (χ1v) is 12.3. The maximum atomic E-state index is 13.5. The van der Waals surface area contributed by atoms with Crippen LogP contribution in [-0.2, 0) is 0 Å². The number of phenolic OH excluding ortho intramolecular Hbond substituents is 1. The quantitative estimate of drug-likeness (QED) is 0.277. The predicted octanol–water partition coefficient (Wildman–Crippen LogP) is 7.82. The van der Waals surface area contributed by atoms with Crippen LogP contribution in [0.2, 0.25) is 0 Å². The summed E-state index contributed by atoms with van der Waals surface area (Å²) in [4.78, 5) is 2.49. The fraction of sp³-hybridized carbons (Fsp3) is 0.267. The van der Waals surface area contributed by atoms with Crippen LogP contribution in [-0.4, -0.2) is 36.2 Å². The molecule has 1 heterocycles. The molecule has 0 spiro atoms. The molecule has 0 aliphatic carbocycles. The van der Waals surface area contributed by atoms with Crippen molar-refractivity contribution in [1.82, 2.24) is 4.90 Å². The van der Waals surface area contributed by atoms with Gasteiger partial charge in [0.1, 0.15) is 35.4 Å². The van der Waals surface area contributed by atoms with Crippen molar-refractivity contribution in [3.05, 3.63) is 84.7 Å². The summed E-state index contributed by atoms with van der Waals surface area (Å²) >= 11 is 0. The maximum Gasteiger partial charge on any atom is 0.143 e. The van der Waals surface area contributed by atoms with E-state index in [1.54, 1.807) is 24.3 Å². The van der Waals surface area contributed by atoms with Crippen molar-refractivity contribution in [1.29, 1.82) is 0 Å². The van der Waals surface area contributed by atoms with Crippen LogP contribution in [0.3, 0.4) is 0 Å². The highest BCUT2D eigenvalue weighted by molar-refractivity contribution is 5.96. The number of rotatable bonds is 7. The minimum Gasteiger partial charge on any atom is -0.508 e. The zero-order valence-electron chi connectivity index (χ0n) is 20.2. The molecule has 1 N–H and O–H groups in total. The average Bonchev–Trinajstić information content (AvgIpc) is 3.15. The highest BCUT2D eigenvalue weighted by atomic mass is 35.5. The van der Waals surface area contributed by atoms with Gasteiger partial charge in [-0.1, -0.05) is 31.0 Å². The van der Waals surface area contributed by atoms with Gasteiger partial charge in [0.25, 0.3) is 0 Å². The van der Waals surface area contributed by atoms with Gasteiger partial charge in [0.05, 0.1) is 0 Å². The van der Waals surface area contributed by atoms with Gasteiger partial charge < -0.3 is 14.6 Å².